The molecule has 0 unspecified atom stereocenters. The molecule has 0 bridgehead atoms. The second-order valence-electron chi connectivity index (χ2n) is 3.36. The monoisotopic (exact) mass is 258 g/mol. The zero-order valence-corrected chi connectivity index (χ0v) is 10.3. The van der Waals surface area contributed by atoms with Crippen molar-refractivity contribution in [3.8, 4) is 0 Å². The number of imidazole rings is 1. The van der Waals surface area contributed by atoms with Crippen LogP contribution in [0.4, 0.5) is 0 Å². The number of ether oxygens (including phenoxy) is 1. The van der Waals surface area contributed by atoms with Crippen molar-refractivity contribution < 1.29 is 9.53 Å². The van der Waals surface area contributed by atoms with Gasteiger partial charge in [-0.2, -0.15) is 0 Å². The van der Waals surface area contributed by atoms with Gasteiger partial charge in [0.2, 0.25) is 0 Å². The zero-order chi connectivity index (χ0) is 11.5. The Morgan fingerprint density at radius 1 is 1.69 bits per heavy atom. The SMILES string of the molecule is COC(=O)CCCc1csc2ncc(Cl)n12. The number of methoxy groups -OCH3 is 1. The van der Waals surface area contributed by atoms with Crippen LogP contribution >= 0.6 is 22.9 Å². The molecule has 0 radical (unpaired) electrons. The van der Waals surface area contributed by atoms with Gasteiger partial charge in [0.25, 0.3) is 0 Å². The molecule has 0 saturated heterocycles. The maximum absolute atomic E-state index is 11.0. The minimum Gasteiger partial charge on any atom is -0.469 e. The molecule has 0 aliphatic carbocycles. The van der Waals surface area contributed by atoms with Gasteiger partial charge in [0, 0.05) is 17.5 Å². The lowest BCUT2D eigenvalue weighted by Gasteiger charge is -2.00. The molecule has 0 aromatic carbocycles. The number of esters is 1. The van der Waals surface area contributed by atoms with Crippen LogP contribution in [0, 0.1) is 0 Å². The largest absolute Gasteiger partial charge is 0.469 e. The molecule has 0 spiro atoms. The first-order valence-electron chi connectivity index (χ1n) is 4.88. The normalized spacial score (nSPS) is 10.9. The first-order chi connectivity index (χ1) is 7.72. The molecule has 4 nitrogen and oxygen atoms in total. The van der Waals surface area contributed by atoms with E-state index >= 15 is 0 Å². The Hall–Kier alpha value is -1.07. The first-order valence-corrected chi connectivity index (χ1v) is 6.14. The Kier molecular flexibility index (Phi) is 3.46. The summed E-state index contributed by atoms with van der Waals surface area (Å²) in [6.07, 6.45) is 3.62. The van der Waals surface area contributed by atoms with Crippen molar-refractivity contribution >= 4 is 33.9 Å². The quantitative estimate of drug-likeness (QED) is 0.792. The highest BCUT2D eigenvalue weighted by Gasteiger charge is 2.09. The maximum atomic E-state index is 11.0. The van der Waals surface area contributed by atoms with E-state index in [1.165, 1.54) is 7.11 Å². The number of fused-ring (bicyclic) bond motifs is 1. The highest BCUT2D eigenvalue weighted by Crippen LogP contribution is 2.22. The molecule has 2 rings (SSSR count). The predicted molar refractivity (Wildman–Crippen MR) is 63.0 cm³/mol. The van der Waals surface area contributed by atoms with E-state index in [2.05, 4.69) is 9.72 Å². The third kappa shape index (κ3) is 2.20. The van der Waals surface area contributed by atoms with Crippen LogP contribution in [-0.4, -0.2) is 22.5 Å². The highest BCUT2D eigenvalue weighted by atomic mass is 35.5. The number of thiazole rings is 1. The molecule has 2 heterocycles. The Bertz CT molecular complexity index is 506. The van der Waals surface area contributed by atoms with E-state index in [0.717, 1.165) is 23.5 Å². The summed E-state index contributed by atoms with van der Waals surface area (Å²) in [5, 5.41) is 2.63. The Morgan fingerprint density at radius 3 is 3.25 bits per heavy atom. The van der Waals surface area contributed by atoms with Crippen molar-refractivity contribution in [2.24, 2.45) is 0 Å². The molecule has 0 aliphatic heterocycles. The molecule has 0 amide bonds. The minimum absolute atomic E-state index is 0.178. The van der Waals surface area contributed by atoms with Crippen molar-refractivity contribution in [2.75, 3.05) is 7.11 Å². The van der Waals surface area contributed by atoms with Gasteiger partial charge < -0.3 is 4.74 Å². The lowest BCUT2D eigenvalue weighted by molar-refractivity contribution is -0.140. The van der Waals surface area contributed by atoms with Crippen molar-refractivity contribution in [1.82, 2.24) is 9.38 Å². The number of nitrogens with zero attached hydrogens (tertiary/aromatic N) is 2. The van der Waals surface area contributed by atoms with Gasteiger partial charge in [0.1, 0.15) is 5.15 Å². The average molecular weight is 259 g/mol. The molecule has 0 N–H and O–H groups in total. The molecule has 0 fully saturated rings. The van der Waals surface area contributed by atoms with Gasteiger partial charge in [0.15, 0.2) is 4.96 Å². The van der Waals surface area contributed by atoms with Gasteiger partial charge in [-0.05, 0) is 12.8 Å². The number of hydrogen-bond acceptors (Lipinski definition) is 4. The van der Waals surface area contributed by atoms with Gasteiger partial charge in [-0.25, -0.2) is 4.98 Å². The number of halogens is 1. The lowest BCUT2D eigenvalue weighted by Crippen LogP contribution is -2.01. The van der Waals surface area contributed by atoms with Crippen LogP contribution in [-0.2, 0) is 16.0 Å². The van der Waals surface area contributed by atoms with Crippen LogP contribution in [0.5, 0.6) is 0 Å². The fraction of sp³-hybridized carbons (Fsp3) is 0.400. The third-order valence-electron chi connectivity index (χ3n) is 2.32. The maximum Gasteiger partial charge on any atom is 0.305 e. The van der Waals surface area contributed by atoms with Gasteiger partial charge in [-0.3, -0.25) is 9.20 Å². The Labute approximate surface area is 102 Å². The fourth-order valence-corrected chi connectivity index (χ4v) is 2.71. The third-order valence-corrected chi connectivity index (χ3v) is 3.47. The molecule has 16 heavy (non-hydrogen) atoms. The van der Waals surface area contributed by atoms with E-state index in [1.54, 1.807) is 17.5 Å². The Balaban J connectivity index is 2.04. The topological polar surface area (TPSA) is 43.6 Å². The number of aryl methyl sites for hydroxylation is 1. The summed E-state index contributed by atoms with van der Waals surface area (Å²) in [6.45, 7) is 0. The second-order valence-corrected chi connectivity index (χ2v) is 4.58. The van der Waals surface area contributed by atoms with E-state index in [0.29, 0.717) is 11.6 Å². The number of hydrogen-bond donors (Lipinski definition) is 0. The minimum atomic E-state index is -0.178. The van der Waals surface area contributed by atoms with E-state index < -0.39 is 0 Å². The molecule has 2 aromatic rings. The average Bonchev–Trinajstić information content (AvgIpc) is 2.83. The Morgan fingerprint density at radius 2 is 2.50 bits per heavy atom. The van der Waals surface area contributed by atoms with Gasteiger partial charge in [-0.15, -0.1) is 11.3 Å². The van der Waals surface area contributed by atoms with Gasteiger partial charge in [-0.1, -0.05) is 11.6 Å². The van der Waals surface area contributed by atoms with E-state index in [1.807, 2.05) is 9.78 Å². The number of carbonyl (C=O) groups excluding carboxylic acids is 1. The molecular weight excluding hydrogens is 248 g/mol. The number of aromatic nitrogens is 2. The lowest BCUT2D eigenvalue weighted by atomic mass is 10.2. The summed E-state index contributed by atoms with van der Waals surface area (Å²) >= 11 is 7.55. The zero-order valence-electron chi connectivity index (χ0n) is 8.77. The van der Waals surface area contributed by atoms with Crippen molar-refractivity contribution in [3.05, 3.63) is 22.4 Å². The van der Waals surface area contributed by atoms with E-state index in [4.69, 9.17) is 11.6 Å². The van der Waals surface area contributed by atoms with Crippen molar-refractivity contribution in [2.45, 2.75) is 19.3 Å². The summed E-state index contributed by atoms with van der Waals surface area (Å²) in [7, 11) is 1.40. The summed E-state index contributed by atoms with van der Waals surface area (Å²) in [5.41, 5.74) is 1.09. The molecule has 0 aliphatic rings. The van der Waals surface area contributed by atoms with Crippen LogP contribution in [0.25, 0.3) is 4.96 Å². The fourth-order valence-electron chi connectivity index (χ4n) is 1.52. The first kappa shape index (κ1) is 11.4. The standard InChI is InChI=1S/C10H11ClN2O2S/c1-15-9(14)4-2-3-7-6-16-10-12-5-8(11)13(7)10/h5-6H,2-4H2,1H3. The van der Waals surface area contributed by atoms with Gasteiger partial charge in [0.05, 0.1) is 13.3 Å². The molecule has 86 valence electrons. The van der Waals surface area contributed by atoms with Gasteiger partial charge >= 0.3 is 5.97 Å². The molecule has 2 aromatic heterocycles. The van der Waals surface area contributed by atoms with E-state index in [-0.39, 0.29) is 5.97 Å². The summed E-state index contributed by atoms with van der Waals surface area (Å²) in [6, 6.07) is 0. The van der Waals surface area contributed by atoms with E-state index in [9.17, 15) is 4.79 Å². The van der Waals surface area contributed by atoms with Crippen molar-refractivity contribution in [1.29, 1.82) is 0 Å². The smallest absolute Gasteiger partial charge is 0.305 e. The second kappa shape index (κ2) is 4.84. The van der Waals surface area contributed by atoms with Crippen LogP contribution in [0.1, 0.15) is 18.5 Å². The van der Waals surface area contributed by atoms with Crippen LogP contribution in [0.3, 0.4) is 0 Å². The number of rotatable bonds is 4. The predicted octanol–water partition coefficient (Wildman–Crippen LogP) is 2.54. The summed E-state index contributed by atoms with van der Waals surface area (Å²) in [5.74, 6) is -0.178. The molecule has 0 atom stereocenters. The summed E-state index contributed by atoms with van der Waals surface area (Å²) in [4.78, 5) is 16.0. The van der Waals surface area contributed by atoms with Crippen LogP contribution in [0.2, 0.25) is 5.15 Å². The van der Waals surface area contributed by atoms with Crippen LogP contribution in [0.15, 0.2) is 11.6 Å². The van der Waals surface area contributed by atoms with Crippen molar-refractivity contribution in [3.63, 3.8) is 0 Å². The molecule has 0 saturated carbocycles. The summed E-state index contributed by atoms with van der Waals surface area (Å²) < 4.78 is 6.49. The molecule has 6 heteroatoms. The molecular formula is C10H11ClN2O2S. The van der Waals surface area contributed by atoms with Crippen LogP contribution < -0.4 is 0 Å². The number of carbonyl (C=O) groups is 1. The highest BCUT2D eigenvalue weighted by molar-refractivity contribution is 7.15.